The summed E-state index contributed by atoms with van der Waals surface area (Å²) in [6, 6.07) is 1.85. The van der Waals surface area contributed by atoms with Crippen LogP contribution in [0.2, 0.25) is 0 Å². The van der Waals surface area contributed by atoms with Gasteiger partial charge in [-0.25, -0.2) is 4.98 Å². The molecule has 0 saturated carbocycles. The van der Waals surface area contributed by atoms with Gasteiger partial charge < -0.3 is 15.0 Å². The van der Waals surface area contributed by atoms with Crippen LogP contribution < -0.4 is 10.2 Å². The Bertz CT molecular complexity index is 350. The molecule has 1 aromatic rings. The average Bonchev–Trinajstić information content (AvgIpc) is 2.38. The molecule has 2 heterocycles. The zero-order valence-corrected chi connectivity index (χ0v) is 9.22. The maximum absolute atomic E-state index is 5.29. The fourth-order valence-corrected chi connectivity index (χ4v) is 1.54. The second-order valence-corrected chi connectivity index (χ2v) is 3.51. The largest absolute Gasteiger partial charge is 0.378 e. The van der Waals surface area contributed by atoms with E-state index in [0.717, 1.165) is 38.1 Å². The summed E-state index contributed by atoms with van der Waals surface area (Å²) in [5.74, 6) is 1.59. The molecular weight excluding hydrogens is 204 g/mol. The first-order valence-electron chi connectivity index (χ1n) is 5.40. The van der Waals surface area contributed by atoms with Gasteiger partial charge in [0.2, 0.25) is 5.95 Å². The van der Waals surface area contributed by atoms with Crippen molar-refractivity contribution in [1.29, 1.82) is 0 Å². The molecule has 1 aromatic heterocycles. The molecule has 0 aromatic carbocycles. The molecule has 0 unspecified atom stereocenters. The molecule has 1 aliphatic heterocycles. The highest BCUT2D eigenvalue weighted by Crippen LogP contribution is 2.11. The third-order valence-electron chi connectivity index (χ3n) is 2.36. The molecule has 0 aliphatic carbocycles. The van der Waals surface area contributed by atoms with Gasteiger partial charge in [-0.1, -0.05) is 6.08 Å². The molecule has 16 heavy (non-hydrogen) atoms. The summed E-state index contributed by atoms with van der Waals surface area (Å²) >= 11 is 0. The van der Waals surface area contributed by atoms with Crippen LogP contribution in [0.25, 0.3) is 0 Å². The predicted molar refractivity (Wildman–Crippen MR) is 63.8 cm³/mol. The van der Waals surface area contributed by atoms with Crippen LogP contribution >= 0.6 is 0 Å². The van der Waals surface area contributed by atoms with Crippen molar-refractivity contribution in [2.24, 2.45) is 0 Å². The standard InChI is InChI=1S/C11H16N4O/c1-2-4-12-10-3-5-13-11(14-10)15-6-8-16-9-7-15/h2-3,5H,1,4,6-9H2,(H,12,13,14). The van der Waals surface area contributed by atoms with Gasteiger partial charge in [0.15, 0.2) is 0 Å². The Hall–Kier alpha value is -1.62. The van der Waals surface area contributed by atoms with E-state index < -0.39 is 0 Å². The minimum Gasteiger partial charge on any atom is -0.378 e. The van der Waals surface area contributed by atoms with Crippen LogP contribution in [0.5, 0.6) is 0 Å². The van der Waals surface area contributed by atoms with Gasteiger partial charge in [-0.2, -0.15) is 4.98 Å². The van der Waals surface area contributed by atoms with Crippen LogP contribution in [0.1, 0.15) is 0 Å². The van der Waals surface area contributed by atoms with E-state index in [9.17, 15) is 0 Å². The van der Waals surface area contributed by atoms with Crippen LogP contribution in [0.15, 0.2) is 24.9 Å². The molecular formula is C11H16N4O. The summed E-state index contributed by atoms with van der Waals surface area (Å²) in [6.07, 6.45) is 3.57. The van der Waals surface area contributed by atoms with Gasteiger partial charge in [-0.15, -0.1) is 6.58 Å². The summed E-state index contributed by atoms with van der Waals surface area (Å²) in [5, 5.41) is 3.15. The third-order valence-corrected chi connectivity index (χ3v) is 2.36. The Morgan fingerprint density at radius 3 is 3.06 bits per heavy atom. The van der Waals surface area contributed by atoms with E-state index in [2.05, 4.69) is 26.8 Å². The SMILES string of the molecule is C=CCNc1ccnc(N2CCOCC2)n1. The predicted octanol–water partition coefficient (Wildman–Crippen LogP) is 0.911. The van der Waals surface area contributed by atoms with Gasteiger partial charge >= 0.3 is 0 Å². The lowest BCUT2D eigenvalue weighted by Gasteiger charge is -2.26. The quantitative estimate of drug-likeness (QED) is 0.764. The highest BCUT2D eigenvalue weighted by Gasteiger charge is 2.13. The molecule has 1 N–H and O–H groups in total. The van der Waals surface area contributed by atoms with Crippen LogP contribution in [-0.4, -0.2) is 42.8 Å². The normalized spacial score (nSPS) is 15.9. The molecule has 1 saturated heterocycles. The third kappa shape index (κ3) is 2.70. The maximum atomic E-state index is 5.29. The number of morpholine rings is 1. The molecule has 0 radical (unpaired) electrons. The molecule has 86 valence electrons. The number of anilines is 2. The number of nitrogens with zero attached hydrogens (tertiary/aromatic N) is 3. The van der Waals surface area contributed by atoms with Gasteiger partial charge in [0.1, 0.15) is 5.82 Å². The van der Waals surface area contributed by atoms with E-state index in [4.69, 9.17) is 4.74 Å². The van der Waals surface area contributed by atoms with Gasteiger partial charge in [0, 0.05) is 25.8 Å². The molecule has 1 aliphatic rings. The first-order valence-corrected chi connectivity index (χ1v) is 5.40. The molecule has 1 fully saturated rings. The average molecular weight is 220 g/mol. The molecule has 2 rings (SSSR count). The van der Waals surface area contributed by atoms with Crippen molar-refractivity contribution in [2.45, 2.75) is 0 Å². The van der Waals surface area contributed by atoms with Crippen molar-refractivity contribution in [2.75, 3.05) is 43.1 Å². The fraction of sp³-hybridized carbons (Fsp3) is 0.455. The van der Waals surface area contributed by atoms with E-state index in [1.807, 2.05) is 6.07 Å². The summed E-state index contributed by atoms with van der Waals surface area (Å²) in [6.45, 7) is 7.55. The zero-order chi connectivity index (χ0) is 11.2. The number of nitrogens with one attached hydrogen (secondary N) is 1. The van der Waals surface area contributed by atoms with Crippen LogP contribution in [-0.2, 0) is 4.74 Å². The smallest absolute Gasteiger partial charge is 0.227 e. The Morgan fingerprint density at radius 1 is 1.50 bits per heavy atom. The lowest BCUT2D eigenvalue weighted by Crippen LogP contribution is -2.37. The number of rotatable bonds is 4. The van der Waals surface area contributed by atoms with Gasteiger partial charge in [-0.05, 0) is 6.07 Å². The fourth-order valence-electron chi connectivity index (χ4n) is 1.54. The lowest BCUT2D eigenvalue weighted by atomic mass is 10.4. The molecule has 5 heteroatoms. The minimum atomic E-state index is 0.708. The van der Waals surface area contributed by atoms with Crippen molar-refractivity contribution < 1.29 is 4.74 Å². The monoisotopic (exact) mass is 220 g/mol. The van der Waals surface area contributed by atoms with Gasteiger partial charge in [0.05, 0.1) is 13.2 Å². The summed E-state index contributed by atoms with van der Waals surface area (Å²) < 4.78 is 5.29. The second kappa shape index (κ2) is 5.46. The number of hydrogen-bond acceptors (Lipinski definition) is 5. The molecule has 5 nitrogen and oxygen atoms in total. The number of ether oxygens (including phenoxy) is 1. The maximum Gasteiger partial charge on any atom is 0.227 e. The Morgan fingerprint density at radius 2 is 2.31 bits per heavy atom. The topological polar surface area (TPSA) is 50.3 Å². The van der Waals surface area contributed by atoms with Crippen molar-refractivity contribution in [3.05, 3.63) is 24.9 Å². The van der Waals surface area contributed by atoms with Gasteiger partial charge in [-0.3, -0.25) is 0 Å². The van der Waals surface area contributed by atoms with Crippen LogP contribution in [0.4, 0.5) is 11.8 Å². The number of hydrogen-bond donors (Lipinski definition) is 1. The molecule has 0 bridgehead atoms. The lowest BCUT2D eigenvalue weighted by molar-refractivity contribution is 0.122. The minimum absolute atomic E-state index is 0.708. The van der Waals surface area contributed by atoms with E-state index in [0.29, 0.717) is 6.54 Å². The Kier molecular flexibility index (Phi) is 3.71. The van der Waals surface area contributed by atoms with Crippen molar-refractivity contribution in [3.8, 4) is 0 Å². The summed E-state index contributed by atoms with van der Waals surface area (Å²) in [4.78, 5) is 10.8. The molecule has 0 spiro atoms. The molecule has 0 amide bonds. The van der Waals surface area contributed by atoms with Crippen LogP contribution in [0.3, 0.4) is 0 Å². The van der Waals surface area contributed by atoms with Crippen LogP contribution in [0, 0.1) is 0 Å². The van der Waals surface area contributed by atoms with E-state index in [-0.39, 0.29) is 0 Å². The Labute approximate surface area is 95.2 Å². The Balaban J connectivity index is 2.05. The first kappa shape index (κ1) is 10.9. The molecule has 0 atom stereocenters. The first-order chi connectivity index (χ1) is 7.90. The van der Waals surface area contributed by atoms with E-state index in [1.165, 1.54) is 0 Å². The van der Waals surface area contributed by atoms with Crippen molar-refractivity contribution in [1.82, 2.24) is 9.97 Å². The highest BCUT2D eigenvalue weighted by molar-refractivity contribution is 5.41. The van der Waals surface area contributed by atoms with Crippen molar-refractivity contribution in [3.63, 3.8) is 0 Å². The highest BCUT2D eigenvalue weighted by atomic mass is 16.5. The van der Waals surface area contributed by atoms with Gasteiger partial charge in [0.25, 0.3) is 0 Å². The summed E-state index contributed by atoms with van der Waals surface area (Å²) in [7, 11) is 0. The summed E-state index contributed by atoms with van der Waals surface area (Å²) in [5.41, 5.74) is 0. The van der Waals surface area contributed by atoms with E-state index >= 15 is 0 Å². The van der Waals surface area contributed by atoms with Crippen molar-refractivity contribution >= 4 is 11.8 Å². The second-order valence-electron chi connectivity index (χ2n) is 3.51. The number of aromatic nitrogens is 2. The zero-order valence-electron chi connectivity index (χ0n) is 9.22. The van der Waals surface area contributed by atoms with E-state index in [1.54, 1.807) is 12.3 Å².